The summed E-state index contributed by atoms with van der Waals surface area (Å²) in [5.74, 6) is -1.18. The number of urea groups is 1. The van der Waals surface area contributed by atoms with Gasteiger partial charge in [-0.05, 0) is 18.9 Å². The quantitative estimate of drug-likeness (QED) is 0.635. The van der Waals surface area contributed by atoms with Crippen LogP contribution in [0.1, 0.15) is 25.5 Å². The largest absolute Gasteiger partial charge is 0.481 e. The minimum Gasteiger partial charge on any atom is -0.481 e. The molecule has 7 nitrogen and oxygen atoms in total. The summed E-state index contributed by atoms with van der Waals surface area (Å²) in [6, 6.07) is 1.56. The second-order valence-corrected chi connectivity index (χ2v) is 4.47. The fourth-order valence-corrected chi connectivity index (χ4v) is 1.52. The average molecular weight is 268 g/mol. The molecule has 7 heteroatoms. The van der Waals surface area contributed by atoms with Crippen molar-refractivity contribution in [3.05, 3.63) is 18.0 Å². The Labute approximate surface area is 112 Å². The topological polar surface area (TPSA) is 96.3 Å². The van der Waals surface area contributed by atoms with Crippen LogP contribution in [0.2, 0.25) is 0 Å². The summed E-state index contributed by atoms with van der Waals surface area (Å²) in [5.41, 5.74) is 0.789. The minimum atomic E-state index is -0.806. The molecule has 0 fully saturated rings. The van der Waals surface area contributed by atoms with Gasteiger partial charge in [-0.25, -0.2) is 4.79 Å². The summed E-state index contributed by atoms with van der Waals surface area (Å²) in [6.45, 7) is 2.49. The molecule has 0 radical (unpaired) electrons. The fraction of sp³-hybridized carbons (Fsp3) is 0.583. The molecule has 0 aromatic carbocycles. The van der Waals surface area contributed by atoms with E-state index in [1.54, 1.807) is 11.6 Å². The first-order valence-electron chi connectivity index (χ1n) is 6.22. The van der Waals surface area contributed by atoms with Crippen molar-refractivity contribution in [3.63, 3.8) is 0 Å². The lowest BCUT2D eigenvalue weighted by atomic mass is 10.1. The molecule has 19 heavy (non-hydrogen) atoms. The van der Waals surface area contributed by atoms with Gasteiger partial charge in [-0.1, -0.05) is 6.92 Å². The van der Waals surface area contributed by atoms with Crippen LogP contribution < -0.4 is 10.6 Å². The van der Waals surface area contributed by atoms with E-state index in [4.69, 9.17) is 5.11 Å². The number of nitrogens with zero attached hydrogens (tertiary/aromatic N) is 2. The molecule has 0 aliphatic heterocycles. The Hall–Kier alpha value is -2.05. The number of carbonyl (C=O) groups is 2. The van der Waals surface area contributed by atoms with E-state index in [1.807, 2.05) is 19.3 Å². The first-order chi connectivity index (χ1) is 8.99. The highest BCUT2D eigenvalue weighted by molar-refractivity contribution is 5.73. The molecule has 1 unspecified atom stereocenters. The van der Waals surface area contributed by atoms with Gasteiger partial charge < -0.3 is 15.7 Å². The van der Waals surface area contributed by atoms with Crippen LogP contribution >= 0.6 is 0 Å². The van der Waals surface area contributed by atoms with E-state index in [0.717, 1.165) is 5.69 Å². The average Bonchev–Trinajstić information content (AvgIpc) is 2.77. The first kappa shape index (κ1) is 15.0. The van der Waals surface area contributed by atoms with Gasteiger partial charge in [0.25, 0.3) is 0 Å². The molecule has 1 aromatic heterocycles. The number of carboxylic acids is 1. The van der Waals surface area contributed by atoms with Crippen LogP contribution in [0.5, 0.6) is 0 Å². The zero-order chi connectivity index (χ0) is 14.3. The predicted octanol–water partition coefficient (Wildman–Crippen LogP) is 0.720. The van der Waals surface area contributed by atoms with Gasteiger partial charge in [0.2, 0.25) is 0 Å². The lowest BCUT2D eigenvalue weighted by Gasteiger charge is -2.08. The van der Waals surface area contributed by atoms with E-state index >= 15 is 0 Å². The van der Waals surface area contributed by atoms with Crippen LogP contribution in [0.25, 0.3) is 0 Å². The Bertz CT molecular complexity index is 430. The van der Waals surface area contributed by atoms with Crippen molar-refractivity contribution >= 4 is 12.0 Å². The van der Waals surface area contributed by atoms with Gasteiger partial charge in [-0.2, -0.15) is 5.10 Å². The molecule has 1 heterocycles. The van der Waals surface area contributed by atoms with Gasteiger partial charge in [0, 0.05) is 19.8 Å². The maximum Gasteiger partial charge on any atom is 0.315 e. The fourth-order valence-electron chi connectivity index (χ4n) is 1.52. The first-order valence-corrected chi connectivity index (χ1v) is 6.22. The zero-order valence-corrected chi connectivity index (χ0v) is 11.2. The number of amides is 2. The van der Waals surface area contributed by atoms with E-state index in [1.165, 1.54) is 0 Å². The summed E-state index contributed by atoms with van der Waals surface area (Å²) in [4.78, 5) is 22.0. The number of hydrogen-bond acceptors (Lipinski definition) is 3. The summed E-state index contributed by atoms with van der Waals surface area (Å²) < 4.78 is 1.67. The van der Waals surface area contributed by atoms with Crippen LogP contribution in [-0.4, -0.2) is 33.4 Å². The smallest absolute Gasteiger partial charge is 0.315 e. The highest BCUT2D eigenvalue weighted by Crippen LogP contribution is 2.04. The van der Waals surface area contributed by atoms with Crippen LogP contribution in [0.4, 0.5) is 4.79 Å². The van der Waals surface area contributed by atoms with Crippen molar-refractivity contribution in [2.45, 2.75) is 26.3 Å². The van der Waals surface area contributed by atoms with Gasteiger partial charge >= 0.3 is 12.0 Å². The molecule has 0 aliphatic rings. The molecule has 0 spiro atoms. The van der Waals surface area contributed by atoms with E-state index in [0.29, 0.717) is 25.9 Å². The number of carboxylic acid groups (broad SMARTS) is 1. The standard InChI is InChI=1S/C12H20N4O3/c1-9(11(17)18)4-3-6-13-12(19)14-8-10-5-7-16(2)15-10/h5,7,9H,3-4,6,8H2,1-2H3,(H,17,18)(H2,13,14,19). The molecule has 0 aliphatic carbocycles. The van der Waals surface area contributed by atoms with Gasteiger partial charge in [0.05, 0.1) is 18.2 Å². The molecule has 1 aromatic rings. The number of aryl methyl sites for hydroxylation is 1. The summed E-state index contributed by atoms with van der Waals surface area (Å²) in [6.07, 6.45) is 3.00. The molecule has 1 rings (SSSR count). The van der Waals surface area contributed by atoms with Crippen molar-refractivity contribution in [1.82, 2.24) is 20.4 Å². The van der Waals surface area contributed by atoms with Gasteiger partial charge in [0.1, 0.15) is 0 Å². The highest BCUT2D eigenvalue weighted by Gasteiger charge is 2.10. The molecule has 0 saturated carbocycles. The van der Waals surface area contributed by atoms with Gasteiger partial charge in [0.15, 0.2) is 0 Å². The molecular weight excluding hydrogens is 248 g/mol. The highest BCUT2D eigenvalue weighted by atomic mass is 16.4. The van der Waals surface area contributed by atoms with Crippen molar-refractivity contribution in [2.24, 2.45) is 13.0 Å². The van der Waals surface area contributed by atoms with Crippen molar-refractivity contribution in [1.29, 1.82) is 0 Å². The minimum absolute atomic E-state index is 0.270. The number of aromatic nitrogens is 2. The van der Waals surface area contributed by atoms with Crippen molar-refractivity contribution in [2.75, 3.05) is 6.54 Å². The number of nitrogens with one attached hydrogen (secondary N) is 2. The number of hydrogen-bond donors (Lipinski definition) is 3. The Morgan fingerprint density at radius 2 is 2.21 bits per heavy atom. The van der Waals surface area contributed by atoms with Crippen molar-refractivity contribution < 1.29 is 14.7 Å². The monoisotopic (exact) mass is 268 g/mol. The second kappa shape index (κ2) is 7.40. The molecule has 0 saturated heterocycles. The number of aliphatic carboxylic acids is 1. The van der Waals surface area contributed by atoms with Crippen molar-refractivity contribution in [3.8, 4) is 0 Å². The molecule has 3 N–H and O–H groups in total. The van der Waals surface area contributed by atoms with Crippen LogP contribution in [-0.2, 0) is 18.4 Å². The van der Waals surface area contributed by atoms with Crippen LogP contribution in [0.15, 0.2) is 12.3 Å². The normalized spacial score (nSPS) is 11.9. The lowest BCUT2D eigenvalue weighted by Crippen LogP contribution is -2.35. The third-order valence-corrected chi connectivity index (χ3v) is 2.72. The summed E-state index contributed by atoms with van der Waals surface area (Å²) >= 11 is 0. The Morgan fingerprint density at radius 1 is 1.47 bits per heavy atom. The molecule has 0 bridgehead atoms. The van der Waals surface area contributed by atoms with E-state index < -0.39 is 5.97 Å². The second-order valence-electron chi connectivity index (χ2n) is 4.47. The maximum atomic E-state index is 11.4. The van der Waals surface area contributed by atoms with E-state index in [-0.39, 0.29) is 11.9 Å². The summed E-state index contributed by atoms with van der Waals surface area (Å²) in [7, 11) is 1.81. The van der Waals surface area contributed by atoms with Gasteiger partial charge in [-0.15, -0.1) is 0 Å². The summed E-state index contributed by atoms with van der Waals surface area (Å²) in [5, 5.41) is 18.2. The maximum absolute atomic E-state index is 11.4. The third kappa shape index (κ3) is 5.89. The third-order valence-electron chi connectivity index (χ3n) is 2.72. The zero-order valence-electron chi connectivity index (χ0n) is 11.2. The van der Waals surface area contributed by atoms with Crippen LogP contribution in [0, 0.1) is 5.92 Å². The molecule has 1 atom stereocenters. The Morgan fingerprint density at radius 3 is 2.79 bits per heavy atom. The van der Waals surface area contributed by atoms with Gasteiger partial charge in [-0.3, -0.25) is 9.48 Å². The Kier molecular flexibility index (Phi) is 5.84. The molecule has 2 amide bonds. The Balaban J connectivity index is 2.10. The number of rotatable bonds is 7. The van der Waals surface area contributed by atoms with Crippen LogP contribution in [0.3, 0.4) is 0 Å². The SMILES string of the molecule is CC(CCCNC(=O)NCc1ccn(C)n1)C(=O)O. The molecular formula is C12H20N4O3. The molecule has 106 valence electrons. The van der Waals surface area contributed by atoms with E-state index in [2.05, 4.69) is 15.7 Å². The van der Waals surface area contributed by atoms with E-state index in [9.17, 15) is 9.59 Å². The number of carbonyl (C=O) groups excluding carboxylic acids is 1. The lowest BCUT2D eigenvalue weighted by molar-refractivity contribution is -0.141. The predicted molar refractivity (Wildman–Crippen MR) is 69.5 cm³/mol.